The predicted molar refractivity (Wildman–Crippen MR) is 81.3 cm³/mol. The Hall–Kier alpha value is -0.580. The summed E-state index contributed by atoms with van der Waals surface area (Å²) in [5, 5.41) is 3.89. The molecule has 0 aliphatic rings. The van der Waals surface area contributed by atoms with Gasteiger partial charge in [-0.15, -0.1) is 0 Å². The first-order valence-electron chi connectivity index (χ1n) is 6.19. The molecule has 0 bridgehead atoms. The van der Waals surface area contributed by atoms with Crippen LogP contribution in [0.25, 0.3) is 0 Å². The summed E-state index contributed by atoms with van der Waals surface area (Å²) in [4.78, 5) is 11.7. The van der Waals surface area contributed by atoms with Crippen LogP contribution in [0.2, 0.25) is 5.02 Å². The van der Waals surface area contributed by atoms with Crippen molar-refractivity contribution in [3.63, 3.8) is 0 Å². The van der Waals surface area contributed by atoms with Crippen molar-refractivity contribution in [3.8, 4) is 0 Å². The lowest BCUT2D eigenvalue weighted by atomic mass is 10.0. The Morgan fingerprint density at radius 2 is 2.16 bits per heavy atom. The molecule has 0 spiro atoms. The molecule has 5 heteroatoms. The molecular weight excluding hydrogens is 330 g/mol. The van der Waals surface area contributed by atoms with E-state index in [-0.39, 0.29) is 12.0 Å². The summed E-state index contributed by atoms with van der Waals surface area (Å²) < 4.78 is 5.78. The van der Waals surface area contributed by atoms with Crippen molar-refractivity contribution in [2.75, 3.05) is 7.11 Å². The van der Waals surface area contributed by atoms with Crippen LogP contribution in [-0.2, 0) is 16.1 Å². The number of nitrogens with one attached hydrogen (secondary N) is 1. The van der Waals surface area contributed by atoms with Gasteiger partial charge in [-0.25, -0.2) is 0 Å². The van der Waals surface area contributed by atoms with Crippen LogP contribution in [0.15, 0.2) is 22.7 Å². The molecule has 1 N–H and O–H groups in total. The second kappa shape index (κ2) is 7.88. The third kappa shape index (κ3) is 5.51. The van der Waals surface area contributed by atoms with Gasteiger partial charge >= 0.3 is 5.97 Å². The summed E-state index contributed by atoms with van der Waals surface area (Å²) in [5.41, 5.74) is 0.953. The van der Waals surface area contributed by atoms with Gasteiger partial charge in [0.25, 0.3) is 0 Å². The number of esters is 1. The van der Waals surface area contributed by atoms with Gasteiger partial charge in [0.05, 0.1) is 7.11 Å². The minimum atomic E-state index is -0.306. The van der Waals surface area contributed by atoms with Crippen LogP contribution < -0.4 is 5.32 Å². The molecule has 19 heavy (non-hydrogen) atoms. The fourth-order valence-electron chi connectivity index (χ4n) is 1.79. The van der Waals surface area contributed by atoms with Crippen molar-refractivity contribution in [3.05, 3.63) is 33.3 Å². The minimum absolute atomic E-state index is 0.236. The van der Waals surface area contributed by atoms with Crippen molar-refractivity contribution in [2.45, 2.75) is 32.9 Å². The van der Waals surface area contributed by atoms with Gasteiger partial charge in [-0.2, -0.15) is 0 Å². The maximum absolute atomic E-state index is 11.7. The second-order valence-corrected chi connectivity index (χ2v) is 6.14. The molecule has 0 heterocycles. The lowest BCUT2D eigenvalue weighted by Crippen LogP contribution is -2.38. The summed E-state index contributed by atoms with van der Waals surface area (Å²) >= 11 is 9.53. The Morgan fingerprint density at radius 1 is 1.47 bits per heavy atom. The molecular formula is C14H19BrClNO2. The van der Waals surface area contributed by atoms with E-state index in [9.17, 15) is 4.79 Å². The molecule has 0 saturated carbocycles. The van der Waals surface area contributed by atoms with Gasteiger partial charge in [0.15, 0.2) is 0 Å². The number of carbonyl (C=O) groups is 1. The molecule has 1 aromatic carbocycles. The maximum Gasteiger partial charge on any atom is 0.322 e. The van der Waals surface area contributed by atoms with E-state index in [4.69, 9.17) is 16.3 Å². The zero-order chi connectivity index (χ0) is 14.4. The van der Waals surface area contributed by atoms with E-state index in [1.165, 1.54) is 7.11 Å². The Balaban J connectivity index is 2.70. The predicted octanol–water partition coefficient (Wildman–Crippen LogP) is 3.78. The molecule has 0 saturated heterocycles. The normalized spacial score (nSPS) is 12.5. The lowest BCUT2D eigenvalue weighted by molar-refractivity contribution is -0.143. The summed E-state index contributed by atoms with van der Waals surface area (Å²) in [6.07, 6.45) is 0.734. The highest BCUT2D eigenvalue weighted by molar-refractivity contribution is 9.10. The first-order valence-corrected chi connectivity index (χ1v) is 7.36. The third-order valence-electron chi connectivity index (χ3n) is 2.74. The highest BCUT2D eigenvalue weighted by Crippen LogP contribution is 2.21. The van der Waals surface area contributed by atoms with Crippen LogP contribution in [0, 0.1) is 5.92 Å². The molecule has 1 atom stereocenters. The molecule has 1 aromatic rings. The van der Waals surface area contributed by atoms with E-state index in [0.29, 0.717) is 17.5 Å². The molecule has 0 amide bonds. The molecule has 1 unspecified atom stereocenters. The third-order valence-corrected chi connectivity index (χ3v) is 3.60. The average Bonchev–Trinajstić information content (AvgIpc) is 2.36. The van der Waals surface area contributed by atoms with E-state index >= 15 is 0 Å². The van der Waals surface area contributed by atoms with Gasteiger partial charge in [-0.05, 0) is 36.1 Å². The molecule has 0 aliphatic heterocycles. The summed E-state index contributed by atoms with van der Waals surface area (Å²) in [6, 6.07) is 5.36. The Bertz CT molecular complexity index is 437. The van der Waals surface area contributed by atoms with Crippen LogP contribution in [0.4, 0.5) is 0 Å². The summed E-state index contributed by atoms with van der Waals surface area (Å²) in [6.45, 7) is 4.68. The number of halogens is 2. The average molecular weight is 349 g/mol. The first-order chi connectivity index (χ1) is 8.93. The van der Waals surface area contributed by atoms with E-state index < -0.39 is 0 Å². The molecule has 3 nitrogen and oxygen atoms in total. The maximum atomic E-state index is 11.7. The van der Waals surface area contributed by atoms with E-state index in [1.807, 2.05) is 18.2 Å². The number of hydrogen-bond donors (Lipinski definition) is 1. The van der Waals surface area contributed by atoms with E-state index in [1.54, 1.807) is 0 Å². The largest absolute Gasteiger partial charge is 0.468 e. The van der Waals surface area contributed by atoms with Gasteiger partial charge < -0.3 is 10.1 Å². The second-order valence-electron chi connectivity index (χ2n) is 4.82. The first kappa shape index (κ1) is 16.5. The molecule has 106 valence electrons. The minimum Gasteiger partial charge on any atom is -0.468 e. The quantitative estimate of drug-likeness (QED) is 0.795. The summed E-state index contributed by atoms with van der Waals surface area (Å²) in [7, 11) is 1.41. The van der Waals surface area contributed by atoms with Crippen molar-refractivity contribution in [1.82, 2.24) is 5.32 Å². The number of ether oxygens (including phenoxy) is 1. The highest BCUT2D eigenvalue weighted by atomic mass is 79.9. The van der Waals surface area contributed by atoms with Gasteiger partial charge in [0, 0.05) is 16.0 Å². The van der Waals surface area contributed by atoms with E-state index in [0.717, 1.165) is 16.5 Å². The van der Waals surface area contributed by atoms with Gasteiger partial charge in [0.1, 0.15) is 6.04 Å². The van der Waals surface area contributed by atoms with Crippen LogP contribution in [0.3, 0.4) is 0 Å². The Morgan fingerprint density at radius 3 is 2.74 bits per heavy atom. The lowest BCUT2D eigenvalue weighted by Gasteiger charge is -2.18. The van der Waals surface area contributed by atoms with Crippen LogP contribution in [0.5, 0.6) is 0 Å². The highest BCUT2D eigenvalue weighted by Gasteiger charge is 2.20. The fraction of sp³-hybridized carbons (Fsp3) is 0.500. The van der Waals surface area contributed by atoms with Crippen molar-refractivity contribution in [1.29, 1.82) is 0 Å². The van der Waals surface area contributed by atoms with Crippen molar-refractivity contribution in [2.24, 2.45) is 5.92 Å². The van der Waals surface area contributed by atoms with E-state index in [2.05, 4.69) is 35.1 Å². The number of carbonyl (C=O) groups excluding carboxylic acids is 1. The molecule has 1 rings (SSSR count). The Labute approximate surface area is 127 Å². The van der Waals surface area contributed by atoms with Gasteiger partial charge in [0.2, 0.25) is 0 Å². The number of benzene rings is 1. The SMILES string of the molecule is COC(=O)C(CC(C)C)NCc1cc(Br)ccc1Cl. The molecule has 0 radical (unpaired) electrons. The number of hydrogen-bond acceptors (Lipinski definition) is 3. The van der Waals surface area contributed by atoms with Crippen LogP contribution >= 0.6 is 27.5 Å². The fourth-order valence-corrected chi connectivity index (χ4v) is 2.38. The Kier molecular flexibility index (Phi) is 6.83. The van der Waals surface area contributed by atoms with Gasteiger partial charge in [-0.3, -0.25) is 4.79 Å². The molecule has 0 aliphatic carbocycles. The monoisotopic (exact) mass is 347 g/mol. The number of rotatable bonds is 6. The van der Waals surface area contributed by atoms with Crippen LogP contribution in [-0.4, -0.2) is 19.1 Å². The standard InChI is InChI=1S/C14H19BrClNO2/c1-9(2)6-13(14(18)19-3)17-8-10-7-11(15)4-5-12(10)16/h4-5,7,9,13,17H,6,8H2,1-3H3. The number of methoxy groups -OCH3 is 1. The molecule has 0 fully saturated rings. The van der Waals surface area contributed by atoms with Crippen LogP contribution in [0.1, 0.15) is 25.8 Å². The van der Waals surface area contributed by atoms with Crippen molar-refractivity contribution >= 4 is 33.5 Å². The van der Waals surface area contributed by atoms with Crippen molar-refractivity contribution < 1.29 is 9.53 Å². The summed E-state index contributed by atoms with van der Waals surface area (Å²) in [5.74, 6) is 0.175. The van der Waals surface area contributed by atoms with Gasteiger partial charge in [-0.1, -0.05) is 41.4 Å². The zero-order valence-corrected chi connectivity index (χ0v) is 13.7. The topological polar surface area (TPSA) is 38.3 Å². The zero-order valence-electron chi connectivity index (χ0n) is 11.4. The molecule has 0 aromatic heterocycles. The smallest absolute Gasteiger partial charge is 0.322 e.